The second-order valence-electron chi connectivity index (χ2n) is 5.04. The molecule has 0 spiro atoms. The van der Waals surface area contributed by atoms with Crippen LogP contribution in [-0.4, -0.2) is 29.2 Å². The van der Waals surface area contributed by atoms with E-state index in [4.69, 9.17) is 22.6 Å². The van der Waals surface area contributed by atoms with Gasteiger partial charge in [-0.1, -0.05) is 77.6 Å². The molecule has 7 heteroatoms. The maximum absolute atomic E-state index is 8.63. The van der Waals surface area contributed by atoms with Crippen molar-refractivity contribution in [1.29, 1.82) is 0 Å². The molecule has 21 heavy (non-hydrogen) atoms. The summed E-state index contributed by atoms with van der Waals surface area (Å²) < 4.78 is 32.8. The number of rotatable bonds is 12. The molecular weight excluding hydrogens is 303 g/mol. The summed E-state index contributed by atoms with van der Waals surface area (Å²) in [5.74, 6) is 0. The standard InChI is InChI=1S/C14H30O.Na.H2O4S/c1-2-3-4-5-6-7-8-9-10-11-12-13-14-15;;1-5(2,3)4/h15H,2-14H2,1H3;;(H2,1,2,3,4)/q;+1;/p-1. The summed E-state index contributed by atoms with van der Waals surface area (Å²) in [6.45, 7) is 2.64. The van der Waals surface area contributed by atoms with Crippen LogP contribution in [0.2, 0.25) is 0 Å². The molecule has 0 aromatic rings. The van der Waals surface area contributed by atoms with E-state index >= 15 is 0 Å². The summed E-state index contributed by atoms with van der Waals surface area (Å²) in [4.78, 5) is 0. The zero-order chi connectivity index (χ0) is 15.7. The largest absolute Gasteiger partial charge is 1.00 e. The van der Waals surface area contributed by atoms with Gasteiger partial charge in [0.2, 0.25) is 10.4 Å². The molecule has 0 unspecified atom stereocenters. The van der Waals surface area contributed by atoms with Gasteiger partial charge in [-0.2, -0.15) is 0 Å². The molecule has 0 fully saturated rings. The van der Waals surface area contributed by atoms with Crippen molar-refractivity contribution in [1.82, 2.24) is 0 Å². The third-order valence-corrected chi connectivity index (χ3v) is 3.01. The van der Waals surface area contributed by atoms with Crippen LogP contribution in [0.3, 0.4) is 0 Å². The molecular formula is C14H31NaO5S. The van der Waals surface area contributed by atoms with E-state index in [2.05, 4.69) is 6.92 Å². The molecule has 0 aliphatic heterocycles. The molecule has 0 aromatic heterocycles. The zero-order valence-corrected chi connectivity index (χ0v) is 16.5. The van der Waals surface area contributed by atoms with E-state index in [9.17, 15) is 0 Å². The number of aliphatic hydroxyl groups is 1. The van der Waals surface area contributed by atoms with Gasteiger partial charge in [-0.3, -0.25) is 4.55 Å². The van der Waals surface area contributed by atoms with E-state index in [1.54, 1.807) is 0 Å². The average Bonchev–Trinajstić information content (AvgIpc) is 2.34. The van der Waals surface area contributed by atoms with Crippen molar-refractivity contribution < 1.29 is 52.2 Å². The Morgan fingerprint density at radius 2 is 1.00 bits per heavy atom. The van der Waals surface area contributed by atoms with E-state index in [-0.39, 0.29) is 29.6 Å². The van der Waals surface area contributed by atoms with Crippen LogP contribution in [0.5, 0.6) is 0 Å². The summed E-state index contributed by atoms with van der Waals surface area (Å²) in [7, 11) is -4.92. The molecule has 0 radical (unpaired) electrons. The predicted molar refractivity (Wildman–Crippen MR) is 80.5 cm³/mol. The Hall–Kier alpha value is 0.830. The van der Waals surface area contributed by atoms with Gasteiger partial charge in [0.05, 0.1) is 0 Å². The molecule has 0 aromatic carbocycles. The molecule has 5 nitrogen and oxygen atoms in total. The van der Waals surface area contributed by atoms with E-state index in [1.807, 2.05) is 0 Å². The monoisotopic (exact) mass is 334 g/mol. The van der Waals surface area contributed by atoms with Crippen LogP contribution in [0.1, 0.15) is 84.0 Å². The molecule has 0 saturated heterocycles. The molecule has 0 amide bonds. The van der Waals surface area contributed by atoms with Gasteiger partial charge in [0.25, 0.3) is 0 Å². The molecule has 0 saturated carbocycles. The first-order valence-corrected chi connectivity index (χ1v) is 9.07. The minimum atomic E-state index is -4.92. The number of hydrogen-bond donors (Lipinski definition) is 2. The fourth-order valence-corrected chi connectivity index (χ4v) is 1.95. The Morgan fingerprint density at radius 1 is 0.762 bits per heavy atom. The Bertz CT molecular complexity index is 251. The van der Waals surface area contributed by atoms with E-state index < -0.39 is 10.4 Å². The summed E-state index contributed by atoms with van der Waals surface area (Å²) in [5, 5.41) is 8.61. The van der Waals surface area contributed by atoms with Crippen molar-refractivity contribution in [2.24, 2.45) is 0 Å². The number of unbranched alkanes of at least 4 members (excludes halogenated alkanes) is 11. The van der Waals surface area contributed by atoms with Gasteiger partial charge in [-0.15, -0.1) is 0 Å². The topological polar surface area (TPSA) is 97.7 Å². The fourth-order valence-electron chi connectivity index (χ4n) is 1.95. The van der Waals surface area contributed by atoms with Crippen LogP contribution in [0.15, 0.2) is 0 Å². The predicted octanol–water partition coefficient (Wildman–Crippen LogP) is 0.688. The summed E-state index contributed by atoms with van der Waals surface area (Å²) in [6, 6.07) is 0. The number of hydrogen-bond acceptors (Lipinski definition) is 4. The normalized spacial score (nSPS) is 10.5. The molecule has 0 aliphatic rings. The molecule has 0 atom stereocenters. The SMILES string of the molecule is CCCCCCCCCCCCCCO.O=S(=O)([O-])O.[Na+]. The van der Waals surface area contributed by atoms with Crippen molar-refractivity contribution in [2.75, 3.05) is 6.61 Å². The van der Waals surface area contributed by atoms with Gasteiger partial charge in [-0.25, -0.2) is 8.42 Å². The van der Waals surface area contributed by atoms with Crippen LogP contribution in [0, 0.1) is 0 Å². The first-order chi connectivity index (χ1) is 9.41. The molecule has 0 aliphatic carbocycles. The van der Waals surface area contributed by atoms with Crippen LogP contribution >= 0.6 is 0 Å². The quantitative estimate of drug-likeness (QED) is 0.237. The van der Waals surface area contributed by atoms with Gasteiger partial charge in [0.1, 0.15) is 0 Å². The van der Waals surface area contributed by atoms with Gasteiger partial charge >= 0.3 is 29.6 Å². The van der Waals surface area contributed by atoms with Crippen LogP contribution in [0.4, 0.5) is 0 Å². The smallest absolute Gasteiger partial charge is 0.726 e. The second-order valence-corrected chi connectivity index (χ2v) is 5.90. The number of aliphatic hydroxyl groups excluding tert-OH is 1. The second kappa shape index (κ2) is 20.8. The first-order valence-electron chi connectivity index (χ1n) is 7.71. The Morgan fingerprint density at radius 3 is 1.24 bits per heavy atom. The van der Waals surface area contributed by atoms with Crippen molar-refractivity contribution in [3.05, 3.63) is 0 Å². The molecule has 2 N–H and O–H groups in total. The van der Waals surface area contributed by atoms with E-state index in [1.165, 1.54) is 70.6 Å². The summed E-state index contributed by atoms with van der Waals surface area (Å²) in [5.41, 5.74) is 0. The third kappa shape index (κ3) is 44.9. The summed E-state index contributed by atoms with van der Waals surface area (Å²) in [6.07, 6.45) is 16.2. The van der Waals surface area contributed by atoms with Gasteiger partial charge in [0.15, 0.2) is 0 Å². The van der Waals surface area contributed by atoms with E-state index in [0.29, 0.717) is 6.61 Å². The molecule has 0 rings (SSSR count). The minimum Gasteiger partial charge on any atom is -0.726 e. The van der Waals surface area contributed by atoms with Gasteiger partial charge in [-0.05, 0) is 6.42 Å². The average molecular weight is 334 g/mol. The third-order valence-electron chi connectivity index (χ3n) is 3.01. The van der Waals surface area contributed by atoms with E-state index in [0.717, 1.165) is 6.42 Å². The molecule has 0 bridgehead atoms. The minimum absolute atomic E-state index is 0. The van der Waals surface area contributed by atoms with Crippen LogP contribution < -0.4 is 29.6 Å². The van der Waals surface area contributed by atoms with Crippen molar-refractivity contribution in [3.8, 4) is 0 Å². The summed E-state index contributed by atoms with van der Waals surface area (Å²) >= 11 is 0. The zero-order valence-electron chi connectivity index (χ0n) is 13.7. The Balaban J connectivity index is -0.000000465. The van der Waals surface area contributed by atoms with Gasteiger partial charge in [0, 0.05) is 6.61 Å². The fraction of sp³-hybridized carbons (Fsp3) is 1.00. The molecule has 0 heterocycles. The van der Waals surface area contributed by atoms with Crippen LogP contribution in [0.25, 0.3) is 0 Å². The first kappa shape index (κ1) is 26.7. The van der Waals surface area contributed by atoms with Crippen molar-refractivity contribution in [3.63, 3.8) is 0 Å². The van der Waals surface area contributed by atoms with Crippen molar-refractivity contribution >= 4 is 10.4 Å². The maximum Gasteiger partial charge on any atom is 1.00 e. The Kier molecular flexibility index (Phi) is 26.5. The maximum atomic E-state index is 8.63. The molecule has 124 valence electrons. The van der Waals surface area contributed by atoms with Crippen molar-refractivity contribution in [2.45, 2.75) is 84.0 Å². The van der Waals surface area contributed by atoms with Crippen LogP contribution in [-0.2, 0) is 10.4 Å². The van der Waals surface area contributed by atoms with Gasteiger partial charge < -0.3 is 9.66 Å². The Labute approximate surface area is 152 Å².